The minimum absolute atomic E-state index is 0.0382. The minimum Gasteiger partial charge on any atom is -0.444 e. The number of likely N-dealkylation sites (tertiary alicyclic amines) is 1. The van der Waals surface area contributed by atoms with Crippen LogP contribution in [-0.4, -0.2) is 83.2 Å². The van der Waals surface area contributed by atoms with Crippen molar-refractivity contribution in [1.82, 2.24) is 15.2 Å². The van der Waals surface area contributed by atoms with E-state index in [0.29, 0.717) is 54.7 Å². The summed E-state index contributed by atoms with van der Waals surface area (Å²) in [5.74, 6) is -1.01. The maximum absolute atomic E-state index is 14.2. The molecule has 2 aromatic rings. The van der Waals surface area contributed by atoms with Crippen LogP contribution in [0.4, 0.5) is 19.7 Å². The predicted molar refractivity (Wildman–Crippen MR) is 199 cm³/mol. The molecule has 3 N–H and O–H groups in total. The number of aromatic nitrogens is 1. The topological polar surface area (TPSA) is 165 Å². The maximum atomic E-state index is 14.2. The Hall–Kier alpha value is -4.36. The van der Waals surface area contributed by atoms with Crippen molar-refractivity contribution in [2.75, 3.05) is 18.5 Å². The molecule has 2 saturated carbocycles. The number of hydrogen-bond acceptors (Lipinski definition) is 9. The van der Waals surface area contributed by atoms with Gasteiger partial charge in [0.1, 0.15) is 24.0 Å². The van der Waals surface area contributed by atoms with Gasteiger partial charge in [0.15, 0.2) is 0 Å². The third-order valence-corrected chi connectivity index (χ3v) is 10.8. The van der Waals surface area contributed by atoms with Crippen molar-refractivity contribution in [1.29, 1.82) is 0 Å². The Labute approximate surface area is 316 Å². The highest BCUT2D eigenvalue weighted by atomic mass is 19.1. The number of rotatable bonds is 11. The van der Waals surface area contributed by atoms with E-state index in [4.69, 9.17) is 18.9 Å². The molecule has 13 nitrogen and oxygen atoms in total. The first-order valence-corrected chi connectivity index (χ1v) is 19.5. The molecule has 4 atom stereocenters. The molecule has 2 heterocycles. The number of benzene rings is 1. The number of amides is 3. The van der Waals surface area contributed by atoms with Crippen LogP contribution in [0.5, 0.6) is 0 Å². The summed E-state index contributed by atoms with van der Waals surface area (Å²) in [6.45, 7) is 9.81. The van der Waals surface area contributed by atoms with Crippen LogP contribution in [0.3, 0.4) is 0 Å². The number of nitrogens with one attached hydrogen (secondary N) is 3. The van der Waals surface area contributed by atoms with Crippen LogP contribution in [-0.2, 0) is 28.5 Å². The number of carbonyl (C=O) groups is 5. The molecule has 1 aromatic heterocycles. The largest absolute Gasteiger partial charge is 0.511 e. The number of fused-ring (bicyclic) bond motifs is 1. The number of alkyl carbamates (subject to hydrolysis) is 1. The number of halogens is 1. The van der Waals surface area contributed by atoms with Gasteiger partial charge in [-0.15, -0.1) is 0 Å². The molecule has 1 unspecified atom stereocenters. The lowest BCUT2D eigenvalue weighted by Crippen LogP contribution is -2.50. The molecule has 0 spiro atoms. The quantitative estimate of drug-likeness (QED) is 0.119. The van der Waals surface area contributed by atoms with Crippen molar-refractivity contribution < 1.29 is 47.3 Å². The molecule has 1 saturated heterocycles. The van der Waals surface area contributed by atoms with Crippen molar-refractivity contribution in [2.45, 2.75) is 136 Å². The van der Waals surface area contributed by atoms with Gasteiger partial charge in [-0.25, -0.2) is 18.8 Å². The molecule has 1 aromatic carbocycles. The van der Waals surface area contributed by atoms with Crippen LogP contribution in [0.25, 0.3) is 10.9 Å². The second-order valence-electron chi connectivity index (χ2n) is 16.3. The Balaban J connectivity index is 1.24. The number of alkyl halides is 1. The standard InChI is InChI=1S/C40H57FN4O9/c1-23(2)51-39(50)53-24(3)52-37(48)32-21-28-20-29(16-17-31(28)43-32)42-35(46)34-30(25-10-8-7-9-11-25)18-19-45(34)36(47)27-14-12-26(13-15-27)33(22-41)44-38(49)54-40(4,5)6/h16-17,20-21,23-27,30,33-34,43H,7-15,18-19,22H2,1-6H3,(H,42,46)(H,44,49)/t24?,26?,27?,30-,33+,34+/m0/s1. The van der Waals surface area contributed by atoms with Gasteiger partial charge in [-0.05, 0) is 109 Å². The summed E-state index contributed by atoms with van der Waals surface area (Å²) in [4.78, 5) is 70.2. The van der Waals surface area contributed by atoms with Crippen LogP contribution in [0.15, 0.2) is 24.3 Å². The zero-order valence-corrected chi connectivity index (χ0v) is 32.4. The number of nitrogens with zero attached hydrogens (tertiary/aromatic N) is 1. The molecule has 3 aliphatic rings. The van der Waals surface area contributed by atoms with Crippen LogP contribution in [0.2, 0.25) is 0 Å². The average Bonchev–Trinajstić information content (AvgIpc) is 3.75. The maximum Gasteiger partial charge on any atom is 0.511 e. The number of H-pyrrole nitrogens is 1. The third kappa shape index (κ3) is 10.7. The van der Waals surface area contributed by atoms with Gasteiger partial charge in [0.2, 0.25) is 18.1 Å². The monoisotopic (exact) mass is 756 g/mol. The van der Waals surface area contributed by atoms with Crippen molar-refractivity contribution in [3.05, 3.63) is 30.0 Å². The van der Waals surface area contributed by atoms with Gasteiger partial charge >= 0.3 is 18.2 Å². The molecule has 2 aliphatic carbocycles. The summed E-state index contributed by atoms with van der Waals surface area (Å²) < 4.78 is 34.6. The Bertz CT molecular complexity index is 1640. The molecule has 5 rings (SSSR count). The van der Waals surface area contributed by atoms with E-state index in [1.165, 1.54) is 13.3 Å². The second kappa shape index (κ2) is 17.9. The molecule has 0 bridgehead atoms. The number of hydrogen-bond donors (Lipinski definition) is 3. The van der Waals surface area contributed by atoms with Crippen molar-refractivity contribution >= 4 is 46.6 Å². The van der Waals surface area contributed by atoms with E-state index in [1.54, 1.807) is 63.8 Å². The highest BCUT2D eigenvalue weighted by molar-refractivity contribution is 6.01. The summed E-state index contributed by atoms with van der Waals surface area (Å²) in [7, 11) is 0. The highest BCUT2D eigenvalue weighted by Crippen LogP contribution is 2.41. The van der Waals surface area contributed by atoms with Crippen LogP contribution >= 0.6 is 0 Å². The number of ether oxygens (including phenoxy) is 4. The number of anilines is 1. The van der Waals surface area contributed by atoms with Gasteiger partial charge in [-0.3, -0.25) is 9.59 Å². The van der Waals surface area contributed by atoms with Gasteiger partial charge in [-0.2, -0.15) is 0 Å². The number of esters is 1. The molecule has 3 amide bonds. The Kier molecular flexibility index (Phi) is 13.5. The third-order valence-electron chi connectivity index (χ3n) is 10.8. The SMILES string of the molecule is CC(C)OC(=O)OC(C)OC(=O)c1cc2cc(NC(=O)[C@H]3[C@H](C4CCCCC4)CCN3C(=O)C3CCC([C@@H](CF)NC(=O)OC(C)(C)C)CC3)ccc2[nH]1. The van der Waals surface area contributed by atoms with Crippen molar-refractivity contribution in [2.24, 2.45) is 23.7 Å². The van der Waals surface area contributed by atoms with Gasteiger partial charge in [0.05, 0.1) is 12.1 Å². The first-order chi connectivity index (χ1) is 25.6. The minimum atomic E-state index is -1.18. The summed E-state index contributed by atoms with van der Waals surface area (Å²) in [6.07, 6.45) is 5.35. The fourth-order valence-corrected chi connectivity index (χ4v) is 8.33. The van der Waals surface area contributed by atoms with Gasteiger partial charge in [0, 0.05) is 36.0 Å². The van der Waals surface area contributed by atoms with Gasteiger partial charge in [-0.1, -0.05) is 32.1 Å². The zero-order chi connectivity index (χ0) is 39.2. The Morgan fingerprint density at radius 1 is 0.907 bits per heavy atom. The summed E-state index contributed by atoms with van der Waals surface area (Å²) >= 11 is 0. The fourth-order valence-electron chi connectivity index (χ4n) is 8.33. The normalized spacial score (nSPS) is 23.4. The van der Waals surface area contributed by atoms with E-state index in [9.17, 15) is 28.4 Å². The Morgan fingerprint density at radius 3 is 2.26 bits per heavy atom. The lowest BCUT2D eigenvalue weighted by atomic mass is 9.76. The van der Waals surface area contributed by atoms with Crippen LogP contribution in [0.1, 0.15) is 116 Å². The van der Waals surface area contributed by atoms with E-state index < -0.39 is 48.9 Å². The molecule has 14 heteroatoms. The first kappa shape index (κ1) is 40.8. The smallest absolute Gasteiger partial charge is 0.444 e. The number of aromatic amines is 1. The summed E-state index contributed by atoms with van der Waals surface area (Å²) in [6, 6.07) is 5.53. The van der Waals surface area contributed by atoms with Crippen molar-refractivity contribution in [3.63, 3.8) is 0 Å². The average molecular weight is 757 g/mol. The van der Waals surface area contributed by atoms with E-state index in [2.05, 4.69) is 15.6 Å². The van der Waals surface area contributed by atoms with Crippen molar-refractivity contribution in [3.8, 4) is 0 Å². The Morgan fingerprint density at radius 2 is 1.61 bits per heavy atom. The van der Waals surface area contributed by atoms with Gasteiger partial charge in [0.25, 0.3) is 0 Å². The lowest BCUT2D eigenvalue weighted by Gasteiger charge is -2.37. The molecule has 1 aliphatic heterocycles. The van der Waals surface area contributed by atoms with E-state index in [1.807, 2.05) is 0 Å². The molecular formula is C40H57FN4O9. The van der Waals surface area contributed by atoms with E-state index in [0.717, 1.165) is 32.1 Å². The van der Waals surface area contributed by atoms with Gasteiger partial charge < -0.3 is 39.5 Å². The molecule has 3 fully saturated rings. The van der Waals surface area contributed by atoms with E-state index >= 15 is 0 Å². The molecule has 54 heavy (non-hydrogen) atoms. The second-order valence-corrected chi connectivity index (χ2v) is 16.3. The van der Waals surface area contributed by atoms with Crippen LogP contribution in [0, 0.1) is 23.7 Å². The lowest BCUT2D eigenvalue weighted by molar-refractivity contribution is -0.142. The number of carbonyl (C=O) groups excluding carboxylic acids is 5. The molecule has 0 radical (unpaired) electrons. The van der Waals surface area contributed by atoms with E-state index in [-0.39, 0.29) is 41.4 Å². The summed E-state index contributed by atoms with van der Waals surface area (Å²) in [5.41, 5.74) is 0.605. The zero-order valence-electron chi connectivity index (χ0n) is 32.4. The van der Waals surface area contributed by atoms with Crippen LogP contribution < -0.4 is 10.6 Å². The molecular weight excluding hydrogens is 699 g/mol. The fraction of sp³-hybridized carbons (Fsp3) is 0.675. The highest BCUT2D eigenvalue weighted by Gasteiger charge is 2.47. The molecule has 298 valence electrons. The summed E-state index contributed by atoms with van der Waals surface area (Å²) in [5, 5.41) is 6.42. The predicted octanol–water partition coefficient (Wildman–Crippen LogP) is 7.64. The first-order valence-electron chi connectivity index (χ1n) is 19.5.